The van der Waals surface area contributed by atoms with Crippen LogP contribution in [0.5, 0.6) is 0 Å². The molecule has 4 nitrogen and oxygen atoms in total. The quantitative estimate of drug-likeness (QED) is 0.603. The summed E-state index contributed by atoms with van der Waals surface area (Å²) in [5.74, 6) is 0. The van der Waals surface area contributed by atoms with Gasteiger partial charge in [-0.05, 0) is 11.5 Å². The van der Waals surface area contributed by atoms with Gasteiger partial charge in [-0.25, -0.2) is 0 Å². The van der Waals surface area contributed by atoms with Crippen molar-refractivity contribution in [3.8, 4) is 0 Å². The summed E-state index contributed by atoms with van der Waals surface area (Å²) in [4.78, 5) is 0. The molecule has 0 fully saturated rings. The molecule has 0 saturated heterocycles. The minimum atomic E-state index is -2.58. The molecule has 102 valence electrons. The van der Waals surface area contributed by atoms with Gasteiger partial charge in [0.15, 0.2) is 12.4 Å². The lowest BCUT2D eigenvalue weighted by Gasteiger charge is -2.22. The van der Waals surface area contributed by atoms with Crippen LogP contribution in [0.25, 0.3) is 0 Å². The summed E-state index contributed by atoms with van der Waals surface area (Å²) in [5, 5.41) is 0. The van der Waals surface area contributed by atoms with Crippen LogP contribution >= 0.6 is 0 Å². The first-order chi connectivity index (χ1) is 8.37. The van der Waals surface area contributed by atoms with E-state index in [1.54, 1.807) is 21.3 Å². The van der Waals surface area contributed by atoms with Crippen molar-refractivity contribution in [2.24, 2.45) is 0 Å². The summed E-state index contributed by atoms with van der Waals surface area (Å²) in [7, 11) is 2.32. The van der Waals surface area contributed by atoms with Gasteiger partial charge in [0.2, 0.25) is 6.17 Å². The van der Waals surface area contributed by atoms with Gasteiger partial charge in [0.25, 0.3) is 0 Å². The monoisotopic (exact) mass is 270 g/mol. The first-order valence-electron chi connectivity index (χ1n) is 6.02. The van der Waals surface area contributed by atoms with Crippen LogP contribution in [0.3, 0.4) is 0 Å². The topological polar surface area (TPSA) is 31.6 Å². The van der Waals surface area contributed by atoms with E-state index >= 15 is 0 Å². The van der Waals surface area contributed by atoms with Crippen molar-refractivity contribution in [2.45, 2.75) is 32.4 Å². The largest absolute Gasteiger partial charge is 0.569 e. The lowest BCUT2D eigenvalue weighted by Crippen LogP contribution is -2.56. The third-order valence-corrected chi connectivity index (χ3v) is 5.65. The fourth-order valence-electron chi connectivity index (χ4n) is 1.73. The maximum absolute atomic E-state index is 5.44. The first-order valence-corrected chi connectivity index (χ1v) is 7.95. The summed E-state index contributed by atoms with van der Waals surface area (Å²) < 4.78 is 18.4. The van der Waals surface area contributed by atoms with Crippen LogP contribution < -0.4 is 4.57 Å². The highest BCUT2D eigenvalue weighted by Gasteiger charge is 2.43. The van der Waals surface area contributed by atoms with Crippen molar-refractivity contribution < 1.29 is 17.8 Å². The van der Waals surface area contributed by atoms with Gasteiger partial charge in [-0.2, -0.15) is 4.57 Å². The fourth-order valence-corrected chi connectivity index (χ4v) is 3.26. The van der Waals surface area contributed by atoms with E-state index in [1.165, 1.54) is 5.56 Å². The van der Waals surface area contributed by atoms with E-state index in [9.17, 15) is 0 Å². The molecule has 18 heavy (non-hydrogen) atoms. The van der Waals surface area contributed by atoms with Crippen LogP contribution in [0.2, 0.25) is 0 Å². The highest BCUT2D eigenvalue weighted by atomic mass is 28.4. The molecule has 0 aliphatic rings. The van der Waals surface area contributed by atoms with Gasteiger partial charge >= 0.3 is 8.80 Å². The zero-order valence-electron chi connectivity index (χ0n) is 12.2. The summed E-state index contributed by atoms with van der Waals surface area (Å²) in [6.45, 7) is 6.58. The Balaban J connectivity index is 2.98. The Bertz CT molecular complexity index is 378. The molecule has 1 aromatic heterocycles. The minimum Gasteiger partial charge on any atom is -0.373 e. The van der Waals surface area contributed by atoms with Crippen molar-refractivity contribution in [3.63, 3.8) is 0 Å². The third-order valence-electron chi connectivity index (χ3n) is 3.03. The smallest absolute Gasteiger partial charge is 0.373 e. The Labute approximate surface area is 111 Å². The van der Waals surface area contributed by atoms with E-state index in [0.717, 1.165) is 0 Å². The number of aromatic nitrogens is 1. The molecule has 1 heterocycles. The highest BCUT2D eigenvalue weighted by molar-refractivity contribution is 6.58. The van der Waals surface area contributed by atoms with Crippen LogP contribution in [0.4, 0.5) is 0 Å². The molecular formula is C13H24NO3Si+. The molecule has 0 aliphatic heterocycles. The minimum absolute atomic E-state index is 0.125. The Hall–Kier alpha value is -0.753. The Morgan fingerprint density at radius 1 is 1.11 bits per heavy atom. The first kappa shape index (κ1) is 15.3. The molecule has 0 N–H and O–H groups in total. The van der Waals surface area contributed by atoms with E-state index in [-0.39, 0.29) is 5.41 Å². The maximum atomic E-state index is 5.44. The van der Waals surface area contributed by atoms with Crippen molar-refractivity contribution in [2.75, 3.05) is 21.3 Å². The lowest BCUT2D eigenvalue weighted by atomic mass is 9.88. The van der Waals surface area contributed by atoms with Crippen LogP contribution in [-0.2, 0) is 24.9 Å². The molecule has 0 aliphatic carbocycles. The predicted molar refractivity (Wildman–Crippen MR) is 72.1 cm³/mol. The number of nitrogens with zero attached hydrogens (tertiary/aromatic N) is 1. The molecule has 5 heteroatoms. The molecule has 0 atom stereocenters. The van der Waals surface area contributed by atoms with Gasteiger partial charge in [0.1, 0.15) is 0 Å². The van der Waals surface area contributed by atoms with Crippen molar-refractivity contribution >= 4 is 8.80 Å². The summed E-state index contributed by atoms with van der Waals surface area (Å²) in [6.07, 6.45) is 4.74. The summed E-state index contributed by atoms with van der Waals surface area (Å²) >= 11 is 0. The molecule has 1 aromatic rings. The van der Waals surface area contributed by atoms with Crippen molar-refractivity contribution in [1.29, 1.82) is 0 Å². The number of pyridine rings is 1. The van der Waals surface area contributed by atoms with E-state index in [4.69, 9.17) is 13.3 Å². The van der Waals surface area contributed by atoms with Gasteiger partial charge in [-0.3, -0.25) is 0 Å². The van der Waals surface area contributed by atoms with E-state index in [1.807, 2.05) is 12.3 Å². The van der Waals surface area contributed by atoms with Gasteiger partial charge in [0.05, 0.1) is 0 Å². The van der Waals surface area contributed by atoms with Crippen LogP contribution in [0.1, 0.15) is 26.3 Å². The van der Waals surface area contributed by atoms with Crippen LogP contribution in [0, 0.1) is 0 Å². The molecular weight excluding hydrogens is 246 g/mol. The SMILES string of the molecule is CO[Si](C[n+]1cccc(C(C)(C)C)c1)(OC)OC. The standard InChI is InChI=1S/C13H24NO3Si/c1-13(2,3)12-8-7-9-14(10-12)11-18(15-4,16-5)17-6/h7-10H,11H2,1-6H3/q+1. The predicted octanol–water partition coefficient (Wildman–Crippen LogP) is 1.69. The van der Waals surface area contributed by atoms with E-state index in [2.05, 4.69) is 37.6 Å². The lowest BCUT2D eigenvalue weighted by molar-refractivity contribution is -0.685. The number of hydrogen-bond donors (Lipinski definition) is 0. The van der Waals surface area contributed by atoms with Gasteiger partial charge in [-0.1, -0.05) is 20.8 Å². The second kappa shape index (κ2) is 5.93. The second-order valence-electron chi connectivity index (χ2n) is 5.31. The summed E-state index contributed by atoms with van der Waals surface area (Å²) in [6, 6.07) is 4.17. The molecule has 0 aromatic carbocycles. The van der Waals surface area contributed by atoms with Gasteiger partial charge in [-0.15, -0.1) is 0 Å². The van der Waals surface area contributed by atoms with Crippen LogP contribution in [0.15, 0.2) is 24.5 Å². The Morgan fingerprint density at radius 3 is 2.11 bits per heavy atom. The van der Waals surface area contributed by atoms with Crippen molar-refractivity contribution in [1.82, 2.24) is 0 Å². The van der Waals surface area contributed by atoms with Crippen molar-refractivity contribution in [3.05, 3.63) is 30.1 Å². The molecule has 0 saturated carbocycles. The average Bonchev–Trinajstić information content (AvgIpc) is 2.35. The Morgan fingerprint density at radius 2 is 1.67 bits per heavy atom. The highest BCUT2D eigenvalue weighted by Crippen LogP contribution is 2.20. The second-order valence-corrected chi connectivity index (χ2v) is 8.22. The van der Waals surface area contributed by atoms with Gasteiger partial charge < -0.3 is 13.3 Å². The molecule has 0 unspecified atom stereocenters. The summed E-state index contributed by atoms with van der Waals surface area (Å²) in [5.41, 5.74) is 1.40. The fraction of sp³-hybridized carbons (Fsp3) is 0.615. The maximum Gasteiger partial charge on any atom is 0.569 e. The normalized spacial score (nSPS) is 12.8. The molecule has 0 spiro atoms. The van der Waals surface area contributed by atoms with Crippen LogP contribution in [-0.4, -0.2) is 30.1 Å². The van der Waals surface area contributed by atoms with E-state index < -0.39 is 8.80 Å². The molecule has 0 amide bonds. The molecule has 0 bridgehead atoms. The molecule has 1 rings (SSSR count). The molecule has 0 radical (unpaired) electrons. The number of rotatable bonds is 5. The zero-order valence-corrected chi connectivity index (χ0v) is 13.2. The third kappa shape index (κ3) is 3.62. The number of hydrogen-bond acceptors (Lipinski definition) is 3. The zero-order chi connectivity index (χ0) is 13.8. The average molecular weight is 270 g/mol. The van der Waals surface area contributed by atoms with E-state index in [0.29, 0.717) is 6.17 Å². The van der Waals surface area contributed by atoms with Gasteiger partial charge in [0, 0.05) is 33.0 Å². The Kier molecular flexibility index (Phi) is 5.04.